The fourth-order valence-corrected chi connectivity index (χ4v) is 2.49. The molecule has 0 aliphatic carbocycles. The minimum absolute atomic E-state index is 0.0915. The molecule has 1 nitrogen and oxygen atoms in total. The molecule has 4 heteroatoms. The molecule has 0 spiro atoms. The maximum Gasteiger partial charge on any atom is 0.126 e. The van der Waals surface area contributed by atoms with Gasteiger partial charge < -0.3 is 5.32 Å². The van der Waals surface area contributed by atoms with E-state index in [-0.39, 0.29) is 11.9 Å². The first kappa shape index (κ1) is 14.2. The predicted molar refractivity (Wildman–Crippen MR) is 81.7 cm³/mol. The minimum atomic E-state index is -0.333. The highest BCUT2D eigenvalue weighted by Crippen LogP contribution is 2.24. The lowest BCUT2D eigenvalue weighted by molar-refractivity contribution is 0.628. The normalized spacial score (nSPS) is 12.2. The van der Waals surface area contributed by atoms with Gasteiger partial charge in [0, 0.05) is 21.6 Å². The third-order valence-corrected chi connectivity index (χ3v) is 3.82. The number of rotatable bonds is 4. The Morgan fingerprint density at radius 1 is 1.16 bits per heavy atom. The fourth-order valence-electron chi connectivity index (χ4n) is 1.86. The van der Waals surface area contributed by atoms with Crippen LogP contribution >= 0.6 is 23.4 Å². The topological polar surface area (TPSA) is 12.0 Å². The van der Waals surface area contributed by atoms with E-state index in [2.05, 4.69) is 29.6 Å². The second-order valence-electron chi connectivity index (χ2n) is 4.30. The first-order chi connectivity index (χ1) is 9.08. The molecular weight excluding hydrogens is 281 g/mol. The Morgan fingerprint density at radius 2 is 1.84 bits per heavy atom. The van der Waals surface area contributed by atoms with Gasteiger partial charge in [0.05, 0.1) is 0 Å². The van der Waals surface area contributed by atoms with E-state index >= 15 is 0 Å². The summed E-state index contributed by atoms with van der Waals surface area (Å²) in [6.45, 7) is 2.03. The maximum atomic E-state index is 13.3. The largest absolute Gasteiger partial charge is 0.378 e. The van der Waals surface area contributed by atoms with E-state index in [0.29, 0.717) is 10.7 Å². The van der Waals surface area contributed by atoms with Gasteiger partial charge in [-0.25, -0.2) is 4.39 Å². The summed E-state index contributed by atoms with van der Waals surface area (Å²) in [6.07, 6.45) is 2.05. The van der Waals surface area contributed by atoms with E-state index < -0.39 is 0 Å². The Morgan fingerprint density at radius 3 is 2.42 bits per heavy atom. The van der Waals surface area contributed by atoms with Crippen molar-refractivity contribution in [1.29, 1.82) is 0 Å². The molecule has 0 radical (unpaired) electrons. The lowest BCUT2D eigenvalue weighted by atomic mass is 10.1. The van der Waals surface area contributed by atoms with E-state index in [1.54, 1.807) is 17.8 Å². The van der Waals surface area contributed by atoms with Crippen molar-refractivity contribution in [3.05, 3.63) is 58.9 Å². The Kier molecular flexibility index (Phi) is 4.72. The zero-order chi connectivity index (χ0) is 13.8. The first-order valence-corrected chi connectivity index (χ1v) is 7.55. The Bertz CT molecular complexity index is 536. The van der Waals surface area contributed by atoms with Crippen molar-refractivity contribution in [2.24, 2.45) is 0 Å². The summed E-state index contributed by atoms with van der Waals surface area (Å²) in [7, 11) is 0. The van der Waals surface area contributed by atoms with E-state index in [1.165, 1.54) is 17.0 Å². The van der Waals surface area contributed by atoms with Crippen LogP contribution in [-0.4, -0.2) is 6.26 Å². The van der Waals surface area contributed by atoms with Crippen molar-refractivity contribution in [3.63, 3.8) is 0 Å². The molecule has 0 aromatic heterocycles. The lowest BCUT2D eigenvalue weighted by Gasteiger charge is -2.16. The van der Waals surface area contributed by atoms with Gasteiger partial charge in [-0.1, -0.05) is 23.7 Å². The lowest BCUT2D eigenvalue weighted by Crippen LogP contribution is -2.06. The summed E-state index contributed by atoms with van der Waals surface area (Å²) in [5, 5.41) is 3.64. The summed E-state index contributed by atoms with van der Waals surface area (Å²) < 4.78 is 13.3. The first-order valence-electron chi connectivity index (χ1n) is 5.95. The van der Waals surface area contributed by atoms with Crippen LogP contribution in [0.25, 0.3) is 0 Å². The second-order valence-corrected chi connectivity index (χ2v) is 5.61. The average Bonchev–Trinajstić information content (AvgIpc) is 2.37. The summed E-state index contributed by atoms with van der Waals surface area (Å²) in [6, 6.07) is 12.9. The van der Waals surface area contributed by atoms with E-state index in [9.17, 15) is 4.39 Å². The maximum absolute atomic E-state index is 13.3. The molecule has 0 saturated heterocycles. The van der Waals surface area contributed by atoms with Crippen molar-refractivity contribution in [2.75, 3.05) is 11.6 Å². The van der Waals surface area contributed by atoms with Crippen LogP contribution < -0.4 is 5.32 Å². The second kappa shape index (κ2) is 6.31. The van der Waals surface area contributed by atoms with Gasteiger partial charge in [0.25, 0.3) is 0 Å². The molecule has 0 fully saturated rings. The van der Waals surface area contributed by atoms with Gasteiger partial charge in [0.1, 0.15) is 5.82 Å². The highest BCUT2D eigenvalue weighted by atomic mass is 35.5. The highest BCUT2D eigenvalue weighted by molar-refractivity contribution is 7.98. The third-order valence-electron chi connectivity index (χ3n) is 2.86. The molecule has 0 aliphatic rings. The molecular formula is C15H15ClFNS. The van der Waals surface area contributed by atoms with Crippen LogP contribution in [0.2, 0.25) is 5.02 Å². The highest BCUT2D eigenvalue weighted by Gasteiger charge is 2.07. The Labute approximate surface area is 122 Å². The Balaban J connectivity index is 2.13. The number of hydrogen-bond acceptors (Lipinski definition) is 2. The summed E-state index contributed by atoms with van der Waals surface area (Å²) in [5.41, 5.74) is 1.84. The Hall–Kier alpha value is -1.19. The standard InChI is InChI=1S/C15H15ClFNS/c1-10(11-3-5-15(19-2)6-4-11)18-14-8-12(16)7-13(17)9-14/h3-10,18H,1-2H3. The molecule has 2 aromatic carbocycles. The smallest absolute Gasteiger partial charge is 0.126 e. The number of benzene rings is 2. The quantitative estimate of drug-likeness (QED) is 0.761. The van der Waals surface area contributed by atoms with Crippen LogP contribution in [0.1, 0.15) is 18.5 Å². The average molecular weight is 296 g/mol. The fraction of sp³-hybridized carbons (Fsp3) is 0.200. The number of halogens is 2. The van der Waals surface area contributed by atoms with Crippen LogP contribution in [0.5, 0.6) is 0 Å². The molecule has 1 N–H and O–H groups in total. The van der Waals surface area contributed by atoms with Gasteiger partial charge in [-0.2, -0.15) is 0 Å². The molecule has 0 heterocycles. The molecule has 0 saturated carbocycles. The minimum Gasteiger partial charge on any atom is -0.378 e. The van der Waals surface area contributed by atoms with Gasteiger partial charge in [-0.15, -0.1) is 11.8 Å². The zero-order valence-electron chi connectivity index (χ0n) is 10.8. The van der Waals surface area contributed by atoms with Crippen molar-refractivity contribution >= 4 is 29.1 Å². The van der Waals surface area contributed by atoms with Gasteiger partial charge in [0.15, 0.2) is 0 Å². The van der Waals surface area contributed by atoms with E-state index in [1.807, 2.05) is 13.2 Å². The van der Waals surface area contributed by atoms with Crippen LogP contribution in [0.3, 0.4) is 0 Å². The monoisotopic (exact) mass is 295 g/mol. The van der Waals surface area contributed by atoms with E-state index in [0.717, 1.165) is 5.56 Å². The number of thioether (sulfide) groups is 1. The summed E-state index contributed by atoms with van der Waals surface area (Å²) in [4.78, 5) is 1.23. The van der Waals surface area contributed by atoms with E-state index in [4.69, 9.17) is 11.6 Å². The molecule has 0 bridgehead atoms. The van der Waals surface area contributed by atoms with Gasteiger partial charge in [-0.05, 0) is 49.1 Å². The van der Waals surface area contributed by atoms with Crippen molar-refractivity contribution in [2.45, 2.75) is 17.9 Å². The molecule has 1 unspecified atom stereocenters. The molecule has 100 valence electrons. The van der Waals surface area contributed by atoms with Crippen molar-refractivity contribution in [1.82, 2.24) is 0 Å². The van der Waals surface area contributed by atoms with Gasteiger partial charge >= 0.3 is 0 Å². The van der Waals surface area contributed by atoms with Crippen molar-refractivity contribution in [3.8, 4) is 0 Å². The number of anilines is 1. The summed E-state index contributed by atoms with van der Waals surface area (Å²) >= 11 is 7.55. The zero-order valence-corrected chi connectivity index (χ0v) is 12.4. The molecule has 1 atom stereocenters. The molecule has 2 aromatic rings. The SMILES string of the molecule is CSc1ccc(C(C)Nc2cc(F)cc(Cl)c2)cc1. The molecule has 0 aliphatic heterocycles. The number of nitrogens with one attached hydrogen (secondary N) is 1. The van der Waals surface area contributed by atoms with Gasteiger partial charge in [-0.3, -0.25) is 0 Å². The van der Waals surface area contributed by atoms with Crippen molar-refractivity contribution < 1.29 is 4.39 Å². The summed E-state index contributed by atoms with van der Waals surface area (Å²) in [5.74, 6) is -0.333. The van der Waals surface area contributed by atoms with Crippen LogP contribution in [0, 0.1) is 5.82 Å². The molecule has 2 rings (SSSR count). The number of hydrogen-bond donors (Lipinski definition) is 1. The van der Waals surface area contributed by atoms with Gasteiger partial charge in [0.2, 0.25) is 0 Å². The predicted octanol–water partition coefficient (Wildman–Crippen LogP) is 5.37. The van der Waals surface area contributed by atoms with Crippen LogP contribution in [0.15, 0.2) is 47.4 Å². The third kappa shape index (κ3) is 3.88. The molecule has 19 heavy (non-hydrogen) atoms. The van der Waals surface area contributed by atoms with Crippen LogP contribution in [-0.2, 0) is 0 Å². The van der Waals surface area contributed by atoms with Crippen LogP contribution in [0.4, 0.5) is 10.1 Å². The molecule has 0 amide bonds.